The van der Waals surface area contributed by atoms with E-state index in [0.29, 0.717) is 5.92 Å². The molecule has 0 saturated heterocycles. The first-order chi connectivity index (χ1) is 8.20. The van der Waals surface area contributed by atoms with Crippen LogP contribution in [0.25, 0.3) is 10.9 Å². The van der Waals surface area contributed by atoms with Crippen molar-refractivity contribution < 1.29 is 0 Å². The molecule has 1 heterocycles. The normalized spacial score (nSPS) is 19.6. The first kappa shape index (κ1) is 10.8. The molecule has 0 radical (unpaired) electrons. The molecule has 1 aromatic carbocycles. The predicted octanol–water partition coefficient (Wildman–Crippen LogP) is 2.55. The first-order valence-corrected chi connectivity index (χ1v) is 6.47. The van der Waals surface area contributed by atoms with Gasteiger partial charge in [-0.3, -0.25) is 0 Å². The first-order valence-electron chi connectivity index (χ1n) is 6.47. The number of hydrogen-bond acceptors (Lipinski definition) is 1. The van der Waals surface area contributed by atoms with Crippen LogP contribution in [0.1, 0.15) is 23.2 Å². The highest BCUT2D eigenvalue weighted by Crippen LogP contribution is 2.33. The van der Waals surface area contributed by atoms with Crippen molar-refractivity contribution in [1.82, 2.24) is 4.57 Å². The van der Waals surface area contributed by atoms with Crippen molar-refractivity contribution in [3.63, 3.8) is 0 Å². The van der Waals surface area contributed by atoms with Gasteiger partial charge in [0.05, 0.1) is 0 Å². The average molecular weight is 228 g/mol. The summed E-state index contributed by atoms with van der Waals surface area (Å²) in [5, 5.41) is 1.44. The van der Waals surface area contributed by atoms with Crippen molar-refractivity contribution in [1.29, 1.82) is 0 Å². The smallest absolute Gasteiger partial charge is 0.0485 e. The minimum Gasteiger partial charge on any atom is -0.347 e. The molecule has 1 aliphatic carbocycles. The van der Waals surface area contributed by atoms with E-state index >= 15 is 0 Å². The van der Waals surface area contributed by atoms with Crippen LogP contribution in [0.3, 0.4) is 0 Å². The fraction of sp³-hybridized carbons (Fsp3) is 0.467. The molecule has 0 amide bonds. The second kappa shape index (κ2) is 3.88. The van der Waals surface area contributed by atoms with E-state index in [9.17, 15) is 0 Å². The zero-order valence-corrected chi connectivity index (χ0v) is 10.7. The second-order valence-corrected chi connectivity index (χ2v) is 5.35. The summed E-state index contributed by atoms with van der Waals surface area (Å²) in [6.45, 7) is 2.98. The number of hydrogen-bond donors (Lipinski definition) is 1. The number of benzene rings is 1. The molecule has 0 aliphatic heterocycles. The van der Waals surface area contributed by atoms with E-state index in [1.807, 2.05) is 0 Å². The quantitative estimate of drug-likeness (QED) is 0.799. The van der Waals surface area contributed by atoms with E-state index in [1.165, 1.54) is 35.0 Å². The van der Waals surface area contributed by atoms with Crippen LogP contribution < -0.4 is 5.73 Å². The van der Waals surface area contributed by atoms with Gasteiger partial charge in [-0.05, 0) is 55.8 Å². The van der Waals surface area contributed by atoms with E-state index in [-0.39, 0.29) is 0 Å². The van der Waals surface area contributed by atoms with Crippen LogP contribution in [0.4, 0.5) is 0 Å². The molecule has 1 atom stereocenters. The Labute approximate surface area is 102 Å². The molecule has 2 aromatic rings. The Morgan fingerprint density at radius 3 is 3.00 bits per heavy atom. The molecular formula is C15H20N2. The van der Waals surface area contributed by atoms with Gasteiger partial charge in [-0.15, -0.1) is 0 Å². The Morgan fingerprint density at radius 2 is 2.24 bits per heavy atom. The molecular weight excluding hydrogens is 208 g/mol. The molecule has 1 unspecified atom stereocenters. The molecule has 0 fully saturated rings. The monoisotopic (exact) mass is 228 g/mol. The molecule has 90 valence electrons. The molecule has 2 heteroatoms. The minimum absolute atomic E-state index is 0.675. The largest absolute Gasteiger partial charge is 0.347 e. The Morgan fingerprint density at radius 1 is 1.41 bits per heavy atom. The van der Waals surface area contributed by atoms with E-state index in [2.05, 4.69) is 36.7 Å². The molecule has 2 N–H and O–H groups in total. The summed E-state index contributed by atoms with van der Waals surface area (Å²) in [7, 11) is 2.20. The zero-order valence-electron chi connectivity index (χ0n) is 10.7. The Balaban J connectivity index is 2.22. The summed E-state index contributed by atoms with van der Waals surface area (Å²) in [5.41, 5.74) is 11.6. The Hall–Kier alpha value is -1.28. The van der Waals surface area contributed by atoms with Gasteiger partial charge in [0.15, 0.2) is 0 Å². The van der Waals surface area contributed by atoms with E-state index in [4.69, 9.17) is 5.73 Å². The summed E-state index contributed by atoms with van der Waals surface area (Å²) in [4.78, 5) is 0. The third-order valence-corrected chi connectivity index (χ3v) is 4.21. The van der Waals surface area contributed by atoms with Crippen molar-refractivity contribution in [2.75, 3.05) is 6.54 Å². The number of aryl methyl sites for hydroxylation is 2. The van der Waals surface area contributed by atoms with Gasteiger partial charge in [0, 0.05) is 23.6 Å². The fourth-order valence-electron chi connectivity index (χ4n) is 3.16. The van der Waals surface area contributed by atoms with E-state index in [1.54, 1.807) is 5.56 Å². The van der Waals surface area contributed by atoms with Crippen LogP contribution in [0.5, 0.6) is 0 Å². The summed E-state index contributed by atoms with van der Waals surface area (Å²) < 4.78 is 2.38. The number of nitrogens with two attached hydrogens (primary N) is 1. The predicted molar refractivity (Wildman–Crippen MR) is 72.2 cm³/mol. The fourth-order valence-corrected chi connectivity index (χ4v) is 3.16. The van der Waals surface area contributed by atoms with Crippen molar-refractivity contribution >= 4 is 10.9 Å². The van der Waals surface area contributed by atoms with Crippen molar-refractivity contribution in [3.8, 4) is 0 Å². The summed E-state index contributed by atoms with van der Waals surface area (Å²) in [6.07, 6.45) is 3.58. The molecule has 0 saturated carbocycles. The van der Waals surface area contributed by atoms with Crippen LogP contribution in [0.15, 0.2) is 18.2 Å². The van der Waals surface area contributed by atoms with Gasteiger partial charge in [-0.1, -0.05) is 12.1 Å². The average Bonchev–Trinajstić information content (AvgIpc) is 2.62. The van der Waals surface area contributed by atoms with Crippen molar-refractivity contribution in [2.45, 2.75) is 26.2 Å². The van der Waals surface area contributed by atoms with Crippen LogP contribution in [-0.4, -0.2) is 11.1 Å². The van der Waals surface area contributed by atoms with Crippen LogP contribution >= 0.6 is 0 Å². The molecule has 3 rings (SSSR count). The zero-order chi connectivity index (χ0) is 12.0. The molecule has 2 nitrogen and oxygen atoms in total. The summed E-state index contributed by atoms with van der Waals surface area (Å²) in [6, 6.07) is 6.79. The summed E-state index contributed by atoms with van der Waals surface area (Å²) >= 11 is 0. The lowest BCUT2D eigenvalue weighted by Gasteiger charge is -2.21. The van der Waals surface area contributed by atoms with Gasteiger partial charge < -0.3 is 10.3 Å². The number of aromatic nitrogens is 1. The third kappa shape index (κ3) is 1.59. The Bertz CT molecular complexity index is 566. The lowest BCUT2D eigenvalue weighted by atomic mass is 9.86. The molecule has 0 spiro atoms. The van der Waals surface area contributed by atoms with Crippen LogP contribution in [-0.2, 0) is 19.9 Å². The Kier molecular flexibility index (Phi) is 2.48. The van der Waals surface area contributed by atoms with Gasteiger partial charge in [0.25, 0.3) is 0 Å². The SMILES string of the molecule is Cc1ccc2c3c(n(C)c2c1)CCC(CN)C3. The highest BCUT2D eigenvalue weighted by Gasteiger charge is 2.23. The topological polar surface area (TPSA) is 30.9 Å². The molecule has 1 aromatic heterocycles. The standard InChI is InChI=1S/C15H20N2/c1-10-3-5-12-13-8-11(9-16)4-6-14(13)17(2)15(12)7-10/h3,5,7,11H,4,6,8-9,16H2,1-2H3. The molecule has 17 heavy (non-hydrogen) atoms. The lowest BCUT2D eigenvalue weighted by Crippen LogP contribution is -2.22. The number of fused-ring (bicyclic) bond motifs is 3. The molecule has 0 bridgehead atoms. The second-order valence-electron chi connectivity index (χ2n) is 5.35. The number of rotatable bonds is 1. The highest BCUT2D eigenvalue weighted by molar-refractivity contribution is 5.86. The van der Waals surface area contributed by atoms with Gasteiger partial charge in [-0.25, -0.2) is 0 Å². The lowest BCUT2D eigenvalue weighted by molar-refractivity contribution is 0.462. The van der Waals surface area contributed by atoms with Crippen LogP contribution in [0, 0.1) is 12.8 Å². The van der Waals surface area contributed by atoms with Crippen molar-refractivity contribution in [2.24, 2.45) is 18.7 Å². The van der Waals surface area contributed by atoms with Crippen LogP contribution in [0.2, 0.25) is 0 Å². The minimum atomic E-state index is 0.675. The number of nitrogens with zero attached hydrogens (tertiary/aromatic N) is 1. The maximum Gasteiger partial charge on any atom is 0.0485 e. The van der Waals surface area contributed by atoms with Gasteiger partial charge in [0.2, 0.25) is 0 Å². The maximum absolute atomic E-state index is 5.83. The maximum atomic E-state index is 5.83. The molecule has 1 aliphatic rings. The summed E-state index contributed by atoms with van der Waals surface area (Å²) in [5.74, 6) is 0.675. The highest BCUT2D eigenvalue weighted by atomic mass is 15.0. The van der Waals surface area contributed by atoms with E-state index < -0.39 is 0 Å². The van der Waals surface area contributed by atoms with E-state index in [0.717, 1.165) is 13.0 Å². The van der Waals surface area contributed by atoms with Gasteiger partial charge in [-0.2, -0.15) is 0 Å². The van der Waals surface area contributed by atoms with Gasteiger partial charge in [0.1, 0.15) is 0 Å². The van der Waals surface area contributed by atoms with Gasteiger partial charge >= 0.3 is 0 Å². The van der Waals surface area contributed by atoms with Crippen molar-refractivity contribution in [3.05, 3.63) is 35.0 Å². The third-order valence-electron chi connectivity index (χ3n) is 4.21.